The molecule has 19 heavy (non-hydrogen) atoms. The standard InChI is InChI=1S/C13H12BrN3O2/c14-8-1-3-10(17-6-8)7-19-13(18)11-4-2-9(15)5-12(11)16/h1-6H,7,15-16H2. The van der Waals surface area contributed by atoms with Gasteiger partial charge in [-0.3, -0.25) is 4.98 Å². The summed E-state index contributed by atoms with van der Waals surface area (Å²) in [6.45, 7) is 0.0932. The fraction of sp³-hybridized carbons (Fsp3) is 0.0769. The second-order valence-electron chi connectivity index (χ2n) is 3.89. The fourth-order valence-corrected chi connectivity index (χ4v) is 1.71. The molecule has 1 aromatic heterocycles. The van der Waals surface area contributed by atoms with Crippen LogP contribution in [0.25, 0.3) is 0 Å². The molecule has 0 saturated carbocycles. The van der Waals surface area contributed by atoms with E-state index in [2.05, 4.69) is 20.9 Å². The van der Waals surface area contributed by atoms with Gasteiger partial charge < -0.3 is 16.2 Å². The van der Waals surface area contributed by atoms with Crippen LogP contribution in [-0.4, -0.2) is 11.0 Å². The number of hydrogen-bond acceptors (Lipinski definition) is 5. The number of hydrogen-bond donors (Lipinski definition) is 2. The summed E-state index contributed by atoms with van der Waals surface area (Å²) in [5, 5.41) is 0. The maximum Gasteiger partial charge on any atom is 0.340 e. The number of anilines is 2. The number of nitrogen functional groups attached to an aromatic ring is 2. The molecule has 2 rings (SSSR count). The van der Waals surface area contributed by atoms with E-state index in [4.69, 9.17) is 16.2 Å². The number of nitrogens with two attached hydrogens (primary N) is 2. The lowest BCUT2D eigenvalue weighted by Crippen LogP contribution is -2.09. The van der Waals surface area contributed by atoms with Gasteiger partial charge in [0.2, 0.25) is 0 Å². The topological polar surface area (TPSA) is 91.2 Å². The van der Waals surface area contributed by atoms with Gasteiger partial charge in [-0.25, -0.2) is 4.79 Å². The average Bonchev–Trinajstić information content (AvgIpc) is 2.37. The van der Waals surface area contributed by atoms with Gasteiger partial charge in [-0.2, -0.15) is 0 Å². The maximum atomic E-state index is 11.8. The molecule has 0 radical (unpaired) electrons. The SMILES string of the molecule is Nc1ccc(C(=O)OCc2ccc(Br)cn2)c(N)c1. The molecule has 0 unspecified atom stereocenters. The van der Waals surface area contributed by atoms with Crippen LogP contribution in [0.5, 0.6) is 0 Å². The number of ether oxygens (including phenoxy) is 1. The van der Waals surface area contributed by atoms with Crippen molar-refractivity contribution in [2.75, 3.05) is 11.5 Å². The summed E-state index contributed by atoms with van der Waals surface area (Å²) in [6.07, 6.45) is 1.64. The van der Waals surface area contributed by atoms with Crippen molar-refractivity contribution in [2.24, 2.45) is 0 Å². The number of rotatable bonds is 3. The zero-order valence-electron chi connectivity index (χ0n) is 9.97. The second kappa shape index (κ2) is 5.71. The molecule has 2 aromatic rings. The van der Waals surface area contributed by atoms with E-state index in [1.54, 1.807) is 24.4 Å². The Morgan fingerprint density at radius 2 is 2.05 bits per heavy atom. The summed E-state index contributed by atoms with van der Waals surface area (Å²) in [4.78, 5) is 15.9. The fourth-order valence-electron chi connectivity index (χ4n) is 1.48. The van der Waals surface area contributed by atoms with Crippen LogP contribution in [0.15, 0.2) is 41.0 Å². The Labute approximate surface area is 118 Å². The number of halogens is 1. The first kappa shape index (κ1) is 13.4. The molecule has 0 bridgehead atoms. The van der Waals surface area contributed by atoms with Crippen LogP contribution in [0.4, 0.5) is 11.4 Å². The highest BCUT2D eigenvalue weighted by Crippen LogP contribution is 2.17. The minimum atomic E-state index is -0.498. The Balaban J connectivity index is 2.03. The Kier molecular flexibility index (Phi) is 4.01. The molecule has 0 aliphatic carbocycles. The van der Waals surface area contributed by atoms with Gasteiger partial charge >= 0.3 is 5.97 Å². The first-order valence-electron chi connectivity index (χ1n) is 5.49. The summed E-state index contributed by atoms with van der Waals surface area (Å²) >= 11 is 3.28. The Morgan fingerprint density at radius 1 is 1.26 bits per heavy atom. The van der Waals surface area contributed by atoms with Crippen LogP contribution >= 0.6 is 15.9 Å². The Morgan fingerprint density at radius 3 is 2.68 bits per heavy atom. The summed E-state index contributed by atoms with van der Waals surface area (Å²) in [6, 6.07) is 8.26. The Hall–Kier alpha value is -2.08. The van der Waals surface area contributed by atoms with Gasteiger partial charge in [0.15, 0.2) is 0 Å². The number of pyridine rings is 1. The molecule has 6 heteroatoms. The minimum Gasteiger partial charge on any atom is -0.456 e. The summed E-state index contributed by atoms with van der Waals surface area (Å²) in [5.74, 6) is -0.498. The molecule has 0 spiro atoms. The average molecular weight is 322 g/mol. The third kappa shape index (κ3) is 3.45. The van der Waals surface area contributed by atoms with Crippen LogP contribution < -0.4 is 11.5 Å². The van der Waals surface area contributed by atoms with Crippen molar-refractivity contribution in [1.82, 2.24) is 4.98 Å². The lowest BCUT2D eigenvalue weighted by Gasteiger charge is -2.07. The smallest absolute Gasteiger partial charge is 0.340 e. The first-order chi connectivity index (χ1) is 9.06. The molecule has 0 aliphatic rings. The van der Waals surface area contributed by atoms with Gasteiger partial charge in [-0.1, -0.05) is 0 Å². The predicted molar refractivity (Wildman–Crippen MR) is 76.3 cm³/mol. The zero-order chi connectivity index (χ0) is 13.8. The molecule has 1 heterocycles. The number of aromatic nitrogens is 1. The van der Waals surface area contributed by atoms with Crippen molar-refractivity contribution in [1.29, 1.82) is 0 Å². The number of benzene rings is 1. The van der Waals surface area contributed by atoms with E-state index in [1.165, 1.54) is 6.07 Å². The molecule has 98 valence electrons. The summed E-state index contributed by atoms with van der Waals surface area (Å²) < 4.78 is 6.00. The van der Waals surface area contributed by atoms with Crippen LogP contribution in [0.3, 0.4) is 0 Å². The quantitative estimate of drug-likeness (QED) is 0.669. The molecule has 0 atom stereocenters. The van der Waals surface area contributed by atoms with E-state index in [0.717, 1.165) is 4.47 Å². The second-order valence-corrected chi connectivity index (χ2v) is 4.81. The van der Waals surface area contributed by atoms with E-state index in [0.29, 0.717) is 22.6 Å². The predicted octanol–water partition coefficient (Wildman–Crippen LogP) is 2.37. The number of nitrogens with zero attached hydrogens (tertiary/aromatic N) is 1. The van der Waals surface area contributed by atoms with E-state index >= 15 is 0 Å². The van der Waals surface area contributed by atoms with Crippen LogP contribution in [0, 0.1) is 0 Å². The molecule has 0 amide bonds. The zero-order valence-corrected chi connectivity index (χ0v) is 11.6. The largest absolute Gasteiger partial charge is 0.456 e. The molecule has 0 fully saturated rings. The molecular weight excluding hydrogens is 310 g/mol. The molecule has 0 saturated heterocycles. The summed E-state index contributed by atoms with van der Waals surface area (Å²) in [5.41, 5.74) is 13.0. The highest BCUT2D eigenvalue weighted by Gasteiger charge is 2.11. The van der Waals surface area contributed by atoms with Crippen molar-refractivity contribution in [3.05, 3.63) is 52.3 Å². The molecule has 4 N–H and O–H groups in total. The monoisotopic (exact) mass is 321 g/mol. The van der Waals surface area contributed by atoms with Crippen molar-refractivity contribution in [3.8, 4) is 0 Å². The molecule has 0 aliphatic heterocycles. The lowest BCUT2D eigenvalue weighted by atomic mass is 10.1. The van der Waals surface area contributed by atoms with E-state index in [1.807, 2.05) is 6.07 Å². The highest BCUT2D eigenvalue weighted by atomic mass is 79.9. The van der Waals surface area contributed by atoms with Crippen LogP contribution in [0.2, 0.25) is 0 Å². The van der Waals surface area contributed by atoms with Gasteiger partial charge in [0.25, 0.3) is 0 Å². The van der Waals surface area contributed by atoms with Crippen LogP contribution in [0.1, 0.15) is 16.1 Å². The van der Waals surface area contributed by atoms with Crippen molar-refractivity contribution >= 4 is 33.3 Å². The number of esters is 1. The molecule has 1 aromatic carbocycles. The first-order valence-corrected chi connectivity index (χ1v) is 6.28. The van der Waals surface area contributed by atoms with Gasteiger partial charge in [0.1, 0.15) is 6.61 Å². The third-order valence-electron chi connectivity index (χ3n) is 2.44. The van der Waals surface area contributed by atoms with Gasteiger partial charge in [0, 0.05) is 22.0 Å². The van der Waals surface area contributed by atoms with Gasteiger partial charge in [0.05, 0.1) is 11.3 Å². The molecular formula is C13H12BrN3O2. The number of carbonyl (C=O) groups is 1. The van der Waals surface area contributed by atoms with Crippen LogP contribution in [-0.2, 0) is 11.3 Å². The van der Waals surface area contributed by atoms with E-state index in [9.17, 15) is 4.79 Å². The normalized spacial score (nSPS) is 10.2. The maximum absolute atomic E-state index is 11.8. The van der Waals surface area contributed by atoms with Crippen molar-refractivity contribution in [3.63, 3.8) is 0 Å². The number of carbonyl (C=O) groups excluding carboxylic acids is 1. The highest BCUT2D eigenvalue weighted by molar-refractivity contribution is 9.10. The molecule has 5 nitrogen and oxygen atoms in total. The third-order valence-corrected chi connectivity index (χ3v) is 2.90. The van der Waals surface area contributed by atoms with E-state index in [-0.39, 0.29) is 6.61 Å². The van der Waals surface area contributed by atoms with Crippen molar-refractivity contribution < 1.29 is 9.53 Å². The summed E-state index contributed by atoms with van der Waals surface area (Å²) in [7, 11) is 0. The van der Waals surface area contributed by atoms with Crippen molar-refractivity contribution in [2.45, 2.75) is 6.61 Å². The van der Waals surface area contributed by atoms with Gasteiger partial charge in [-0.15, -0.1) is 0 Å². The minimum absolute atomic E-state index is 0.0932. The van der Waals surface area contributed by atoms with E-state index < -0.39 is 5.97 Å². The lowest BCUT2D eigenvalue weighted by molar-refractivity contribution is 0.0469. The Bertz CT molecular complexity index is 599. The van der Waals surface area contributed by atoms with Gasteiger partial charge in [-0.05, 0) is 46.3 Å².